The van der Waals surface area contributed by atoms with Crippen LogP contribution in [0.5, 0.6) is 0 Å². The van der Waals surface area contributed by atoms with E-state index in [1.807, 2.05) is 0 Å². The first-order valence-electron chi connectivity index (χ1n) is 4.62. The second kappa shape index (κ2) is 4.37. The molecule has 0 aliphatic heterocycles. The third kappa shape index (κ3) is 4.05. The molecular formula is C10H13F3O2. The smallest absolute Gasteiger partial charge is 0.343 e. The minimum absolute atomic E-state index is 0.0567. The minimum atomic E-state index is -4.70. The fourth-order valence-electron chi connectivity index (χ4n) is 1.36. The van der Waals surface area contributed by atoms with E-state index in [0.717, 1.165) is 0 Å². The molecule has 1 aliphatic rings. The largest absolute Gasteiger partial charge is 0.525 e. The van der Waals surface area contributed by atoms with Crippen LogP contribution in [0.25, 0.3) is 0 Å². The van der Waals surface area contributed by atoms with Crippen LogP contribution >= 0.6 is 0 Å². The molecule has 0 heterocycles. The van der Waals surface area contributed by atoms with E-state index in [9.17, 15) is 13.2 Å². The molecule has 0 spiro atoms. The Bertz CT molecular complexity index is 268. The molecular weight excluding hydrogens is 209 g/mol. The Morgan fingerprint density at radius 1 is 1.27 bits per heavy atom. The molecule has 1 unspecified atom stereocenters. The maximum atomic E-state index is 12.2. The third-order valence-electron chi connectivity index (χ3n) is 1.72. The Labute approximate surface area is 86.4 Å². The molecule has 0 aromatic rings. The van der Waals surface area contributed by atoms with Crippen molar-refractivity contribution >= 4 is 0 Å². The van der Waals surface area contributed by atoms with Gasteiger partial charge in [-0.25, -0.2) is 0 Å². The molecule has 0 aromatic carbocycles. The molecule has 0 bridgehead atoms. The van der Waals surface area contributed by atoms with E-state index in [2.05, 4.69) is 4.74 Å². The van der Waals surface area contributed by atoms with Gasteiger partial charge in [0.25, 0.3) is 0 Å². The van der Waals surface area contributed by atoms with Crippen molar-refractivity contribution in [1.29, 1.82) is 0 Å². The second-order valence-corrected chi connectivity index (χ2v) is 3.52. The van der Waals surface area contributed by atoms with Crippen LogP contribution in [0.1, 0.15) is 20.3 Å². The molecule has 86 valence electrons. The summed E-state index contributed by atoms with van der Waals surface area (Å²) >= 11 is 0. The molecule has 0 saturated carbocycles. The van der Waals surface area contributed by atoms with Gasteiger partial charge < -0.3 is 4.74 Å². The number of hydrogen-bond acceptors (Lipinski definition) is 2. The normalized spacial score (nSPS) is 26.3. The van der Waals surface area contributed by atoms with Gasteiger partial charge >= 0.3 is 6.36 Å². The molecule has 1 rings (SSSR count). The lowest BCUT2D eigenvalue weighted by atomic mass is 10.1. The summed E-state index contributed by atoms with van der Waals surface area (Å²) in [7, 11) is 0. The highest BCUT2D eigenvalue weighted by atomic mass is 19.4. The highest BCUT2D eigenvalue weighted by molar-refractivity contribution is 5.15. The number of ether oxygens (including phenoxy) is 2. The predicted molar refractivity (Wildman–Crippen MR) is 49.0 cm³/mol. The van der Waals surface area contributed by atoms with Crippen molar-refractivity contribution in [2.45, 2.75) is 38.5 Å². The minimum Gasteiger partial charge on any atom is -0.343 e. The van der Waals surface area contributed by atoms with E-state index in [1.165, 1.54) is 12.2 Å². The van der Waals surface area contributed by atoms with Crippen LogP contribution in [0.3, 0.4) is 0 Å². The molecule has 0 saturated heterocycles. The summed E-state index contributed by atoms with van der Waals surface area (Å²) < 4.78 is 45.7. The van der Waals surface area contributed by atoms with E-state index < -0.39 is 12.1 Å². The van der Waals surface area contributed by atoms with Gasteiger partial charge in [-0.05, 0) is 19.9 Å². The summed E-state index contributed by atoms with van der Waals surface area (Å²) in [5, 5.41) is 0. The van der Waals surface area contributed by atoms with E-state index in [1.54, 1.807) is 26.0 Å². The maximum Gasteiger partial charge on any atom is 0.525 e. The Hall–Kier alpha value is -0.810. The maximum absolute atomic E-state index is 12.2. The molecule has 0 N–H and O–H groups in total. The first kappa shape index (κ1) is 12.3. The van der Waals surface area contributed by atoms with Gasteiger partial charge in [0.1, 0.15) is 0 Å². The van der Waals surface area contributed by atoms with Gasteiger partial charge in [0.05, 0.1) is 6.10 Å². The van der Waals surface area contributed by atoms with Crippen molar-refractivity contribution in [2.75, 3.05) is 0 Å². The average molecular weight is 222 g/mol. The lowest BCUT2D eigenvalue weighted by Gasteiger charge is -2.33. The van der Waals surface area contributed by atoms with Gasteiger partial charge in [-0.15, -0.1) is 13.2 Å². The van der Waals surface area contributed by atoms with Gasteiger partial charge in [-0.3, -0.25) is 4.74 Å². The van der Waals surface area contributed by atoms with Gasteiger partial charge in [-0.2, -0.15) is 0 Å². The van der Waals surface area contributed by atoms with Crippen LogP contribution in [0.4, 0.5) is 13.2 Å². The molecule has 0 aromatic heterocycles. The molecule has 2 nitrogen and oxygen atoms in total. The van der Waals surface area contributed by atoms with Crippen molar-refractivity contribution in [1.82, 2.24) is 0 Å². The summed E-state index contributed by atoms with van der Waals surface area (Å²) in [4.78, 5) is 0. The summed E-state index contributed by atoms with van der Waals surface area (Å²) in [6, 6.07) is 0. The van der Waals surface area contributed by atoms with Crippen LogP contribution in [0.2, 0.25) is 0 Å². The summed E-state index contributed by atoms with van der Waals surface area (Å²) in [6.45, 7) is 3.32. The van der Waals surface area contributed by atoms with Crippen molar-refractivity contribution in [3.8, 4) is 0 Å². The number of alkyl halides is 3. The monoisotopic (exact) mass is 222 g/mol. The Balaban J connectivity index is 2.78. The fourth-order valence-corrected chi connectivity index (χ4v) is 1.36. The molecule has 0 radical (unpaired) electrons. The van der Waals surface area contributed by atoms with E-state index in [-0.39, 0.29) is 12.5 Å². The second-order valence-electron chi connectivity index (χ2n) is 3.52. The molecule has 15 heavy (non-hydrogen) atoms. The fraction of sp³-hybridized carbons (Fsp3) is 0.600. The van der Waals surface area contributed by atoms with Crippen LogP contribution in [0.15, 0.2) is 24.3 Å². The highest BCUT2D eigenvalue weighted by Gasteiger charge is 2.43. The third-order valence-corrected chi connectivity index (χ3v) is 1.72. The Morgan fingerprint density at radius 2 is 1.93 bits per heavy atom. The quantitative estimate of drug-likeness (QED) is 0.683. The average Bonchev–Trinajstić information content (AvgIpc) is 1.99. The number of allylic oxidation sites excluding steroid dienone is 2. The number of halogens is 3. The highest BCUT2D eigenvalue weighted by Crippen LogP contribution is 2.33. The summed E-state index contributed by atoms with van der Waals surface area (Å²) in [6.07, 6.45) is 1.00. The topological polar surface area (TPSA) is 18.5 Å². The van der Waals surface area contributed by atoms with Gasteiger partial charge in [0.2, 0.25) is 5.79 Å². The lowest BCUT2D eigenvalue weighted by Crippen LogP contribution is -2.41. The van der Waals surface area contributed by atoms with Crippen molar-refractivity contribution in [3.05, 3.63) is 24.3 Å². The van der Waals surface area contributed by atoms with Crippen molar-refractivity contribution < 1.29 is 22.6 Å². The van der Waals surface area contributed by atoms with E-state index in [0.29, 0.717) is 0 Å². The van der Waals surface area contributed by atoms with E-state index in [4.69, 9.17) is 4.74 Å². The molecule has 0 fully saturated rings. The van der Waals surface area contributed by atoms with Crippen LogP contribution in [-0.4, -0.2) is 18.3 Å². The molecule has 5 heteroatoms. The summed E-state index contributed by atoms with van der Waals surface area (Å²) in [5.41, 5.74) is 0. The predicted octanol–water partition coefficient (Wildman–Crippen LogP) is 3.16. The van der Waals surface area contributed by atoms with Gasteiger partial charge in [-0.1, -0.05) is 18.2 Å². The zero-order valence-electron chi connectivity index (χ0n) is 8.54. The van der Waals surface area contributed by atoms with Crippen molar-refractivity contribution in [2.24, 2.45) is 0 Å². The van der Waals surface area contributed by atoms with E-state index >= 15 is 0 Å². The lowest BCUT2D eigenvalue weighted by molar-refractivity contribution is -0.407. The Kier molecular flexibility index (Phi) is 3.57. The zero-order chi connectivity index (χ0) is 11.5. The number of hydrogen-bond donors (Lipinski definition) is 0. The first-order chi connectivity index (χ1) is 6.83. The first-order valence-corrected chi connectivity index (χ1v) is 4.62. The van der Waals surface area contributed by atoms with Gasteiger partial charge in [0.15, 0.2) is 0 Å². The zero-order valence-corrected chi connectivity index (χ0v) is 8.54. The van der Waals surface area contributed by atoms with Crippen LogP contribution in [-0.2, 0) is 9.47 Å². The van der Waals surface area contributed by atoms with Crippen molar-refractivity contribution in [3.63, 3.8) is 0 Å². The molecule has 1 atom stereocenters. The van der Waals surface area contributed by atoms with Gasteiger partial charge in [0, 0.05) is 6.42 Å². The standard InChI is InChI=1S/C10H13F3O2/c1-8(2)14-9(15-10(11,12)13)6-4-3-5-7-9/h3-6,8H,7H2,1-2H3. The molecule has 1 aliphatic carbocycles. The number of rotatable bonds is 3. The van der Waals surface area contributed by atoms with Crippen LogP contribution < -0.4 is 0 Å². The Morgan fingerprint density at radius 3 is 2.33 bits per heavy atom. The molecule has 0 amide bonds. The van der Waals surface area contributed by atoms with Crippen LogP contribution in [0, 0.1) is 0 Å². The SMILES string of the molecule is CC(C)OC1(OC(F)(F)F)C=CC=CC1. The summed E-state index contributed by atoms with van der Waals surface area (Å²) in [5.74, 6) is -1.71.